The predicted octanol–water partition coefficient (Wildman–Crippen LogP) is 4.54. The lowest BCUT2D eigenvalue weighted by atomic mass is 10.1. The standard InChI is InChI=1S/C28H33N5O2S/c1-19(2)32-14-16-33(17-15-32)23-10-6-21(7-11-23)25-18-26-27(20(3)29-25)30-28(31(26)4)22-8-12-24(13-9-22)36(5,34)35/h6-13,18-19H,14-17H2,1-5H3. The average molecular weight is 504 g/mol. The molecule has 0 spiro atoms. The second-order valence-electron chi connectivity index (χ2n) is 9.92. The van der Waals surface area contributed by atoms with Crippen molar-refractivity contribution in [2.45, 2.75) is 31.7 Å². The summed E-state index contributed by atoms with van der Waals surface area (Å²) in [6.07, 6.45) is 1.22. The first-order chi connectivity index (χ1) is 17.1. The van der Waals surface area contributed by atoms with Gasteiger partial charge in [-0.05, 0) is 63.2 Å². The van der Waals surface area contributed by atoms with Gasteiger partial charge in [0.25, 0.3) is 0 Å². The molecule has 1 saturated heterocycles. The summed E-state index contributed by atoms with van der Waals surface area (Å²) in [5.41, 5.74) is 6.81. The van der Waals surface area contributed by atoms with Crippen LogP contribution in [0.5, 0.6) is 0 Å². The van der Waals surface area contributed by atoms with E-state index in [9.17, 15) is 8.42 Å². The molecular formula is C28H33N5O2S. The lowest BCUT2D eigenvalue weighted by Gasteiger charge is -2.38. The van der Waals surface area contributed by atoms with Gasteiger partial charge in [-0.25, -0.2) is 13.4 Å². The Morgan fingerprint density at radius 2 is 1.47 bits per heavy atom. The van der Waals surface area contributed by atoms with Gasteiger partial charge in [0.1, 0.15) is 11.3 Å². The Labute approximate surface area is 213 Å². The van der Waals surface area contributed by atoms with E-state index < -0.39 is 9.84 Å². The molecule has 0 amide bonds. The Kier molecular flexibility index (Phi) is 6.34. The van der Waals surface area contributed by atoms with Crippen molar-refractivity contribution in [2.75, 3.05) is 37.3 Å². The van der Waals surface area contributed by atoms with Crippen LogP contribution in [0.15, 0.2) is 59.5 Å². The Balaban J connectivity index is 1.43. The van der Waals surface area contributed by atoms with Crippen LogP contribution >= 0.6 is 0 Å². The summed E-state index contributed by atoms with van der Waals surface area (Å²) >= 11 is 0. The number of benzene rings is 2. The number of aryl methyl sites for hydroxylation is 2. The molecule has 2 aromatic carbocycles. The fourth-order valence-electron chi connectivity index (χ4n) is 4.93. The van der Waals surface area contributed by atoms with Crippen LogP contribution in [0.1, 0.15) is 19.5 Å². The number of piperazine rings is 1. The zero-order valence-electron chi connectivity index (χ0n) is 21.6. The maximum absolute atomic E-state index is 11.8. The van der Waals surface area contributed by atoms with Crippen LogP contribution in [0.2, 0.25) is 0 Å². The van der Waals surface area contributed by atoms with Crippen LogP contribution in [0.25, 0.3) is 33.7 Å². The quantitative estimate of drug-likeness (QED) is 0.398. The van der Waals surface area contributed by atoms with E-state index in [0.29, 0.717) is 10.9 Å². The van der Waals surface area contributed by atoms with Crippen LogP contribution in [0.4, 0.5) is 5.69 Å². The molecule has 0 atom stereocenters. The van der Waals surface area contributed by atoms with Gasteiger partial charge in [-0.2, -0.15) is 0 Å². The van der Waals surface area contributed by atoms with Gasteiger partial charge in [-0.15, -0.1) is 0 Å². The number of nitrogens with zero attached hydrogens (tertiary/aromatic N) is 5. The SMILES string of the molecule is Cc1nc(-c2ccc(N3CCN(C(C)C)CC3)cc2)cc2c1nc(-c1ccc(S(C)(=O)=O)cc1)n2C. The van der Waals surface area contributed by atoms with Crippen LogP contribution in [0, 0.1) is 6.92 Å². The summed E-state index contributed by atoms with van der Waals surface area (Å²) in [6, 6.07) is 18.2. The number of imidazole rings is 1. The number of rotatable bonds is 5. The van der Waals surface area contributed by atoms with Crippen LogP contribution in [-0.2, 0) is 16.9 Å². The maximum Gasteiger partial charge on any atom is 0.175 e. The Morgan fingerprint density at radius 3 is 2.06 bits per heavy atom. The molecular weight excluding hydrogens is 470 g/mol. The predicted molar refractivity (Wildman–Crippen MR) is 146 cm³/mol. The van der Waals surface area contributed by atoms with E-state index in [4.69, 9.17) is 9.97 Å². The summed E-state index contributed by atoms with van der Waals surface area (Å²) in [5.74, 6) is 0.781. The van der Waals surface area contributed by atoms with Crippen molar-refractivity contribution >= 4 is 26.6 Å². The minimum atomic E-state index is -3.24. The monoisotopic (exact) mass is 503 g/mol. The third-order valence-corrected chi connectivity index (χ3v) is 8.29. The van der Waals surface area contributed by atoms with E-state index in [0.717, 1.165) is 65.6 Å². The van der Waals surface area contributed by atoms with Crippen molar-refractivity contribution in [3.8, 4) is 22.6 Å². The first-order valence-corrected chi connectivity index (χ1v) is 14.2. The summed E-state index contributed by atoms with van der Waals surface area (Å²) < 4.78 is 25.7. The Morgan fingerprint density at radius 1 is 0.861 bits per heavy atom. The highest BCUT2D eigenvalue weighted by molar-refractivity contribution is 7.90. The lowest BCUT2D eigenvalue weighted by molar-refractivity contribution is 0.209. The number of pyridine rings is 1. The fraction of sp³-hybridized carbons (Fsp3) is 0.357. The molecule has 0 N–H and O–H groups in total. The summed E-state index contributed by atoms with van der Waals surface area (Å²) in [7, 11) is -1.25. The molecule has 5 rings (SSSR count). The topological polar surface area (TPSA) is 71.3 Å². The van der Waals surface area contributed by atoms with Gasteiger partial charge >= 0.3 is 0 Å². The summed E-state index contributed by atoms with van der Waals surface area (Å²) in [6.45, 7) is 10.8. The van der Waals surface area contributed by atoms with Gasteiger partial charge in [0.15, 0.2) is 9.84 Å². The number of hydrogen-bond donors (Lipinski definition) is 0. The molecule has 0 aliphatic carbocycles. The minimum Gasteiger partial charge on any atom is -0.369 e. The molecule has 3 heterocycles. The van der Waals surface area contributed by atoms with Crippen molar-refractivity contribution in [3.63, 3.8) is 0 Å². The van der Waals surface area contributed by atoms with Gasteiger partial charge in [-0.1, -0.05) is 12.1 Å². The smallest absolute Gasteiger partial charge is 0.175 e. The molecule has 0 unspecified atom stereocenters. The molecule has 2 aromatic heterocycles. The number of aromatic nitrogens is 3. The first kappa shape index (κ1) is 24.5. The normalized spacial score (nSPS) is 15.2. The zero-order chi connectivity index (χ0) is 25.6. The first-order valence-electron chi connectivity index (χ1n) is 12.4. The second kappa shape index (κ2) is 9.33. The number of sulfone groups is 1. The van der Waals surface area contributed by atoms with E-state index in [1.165, 1.54) is 11.9 Å². The van der Waals surface area contributed by atoms with Gasteiger partial charge in [-0.3, -0.25) is 9.88 Å². The molecule has 1 aliphatic rings. The lowest BCUT2D eigenvalue weighted by Crippen LogP contribution is -2.48. The van der Waals surface area contributed by atoms with Gasteiger partial charge < -0.3 is 9.47 Å². The number of fused-ring (bicyclic) bond motifs is 1. The van der Waals surface area contributed by atoms with Crippen molar-refractivity contribution in [2.24, 2.45) is 7.05 Å². The fourth-order valence-corrected chi connectivity index (χ4v) is 5.57. The van der Waals surface area contributed by atoms with Crippen LogP contribution in [0.3, 0.4) is 0 Å². The molecule has 8 heteroatoms. The van der Waals surface area contributed by atoms with Gasteiger partial charge in [0.2, 0.25) is 0 Å². The van der Waals surface area contributed by atoms with Crippen LogP contribution in [-0.4, -0.2) is 66.3 Å². The Hall–Kier alpha value is -3.23. The third kappa shape index (κ3) is 4.63. The van der Waals surface area contributed by atoms with Gasteiger partial charge in [0.05, 0.1) is 21.8 Å². The molecule has 1 aliphatic heterocycles. The molecule has 0 saturated carbocycles. The highest BCUT2D eigenvalue weighted by Crippen LogP contribution is 2.30. The Bertz CT molecular complexity index is 1500. The van der Waals surface area contributed by atoms with Gasteiger partial charge in [0, 0.05) is 62.3 Å². The van der Waals surface area contributed by atoms with E-state index >= 15 is 0 Å². The highest BCUT2D eigenvalue weighted by atomic mass is 32.2. The number of hydrogen-bond acceptors (Lipinski definition) is 6. The van der Waals surface area contributed by atoms with Crippen LogP contribution < -0.4 is 4.90 Å². The van der Waals surface area contributed by atoms with E-state index in [1.54, 1.807) is 24.3 Å². The highest BCUT2D eigenvalue weighted by Gasteiger charge is 2.19. The average Bonchev–Trinajstić information content (AvgIpc) is 3.20. The molecule has 0 bridgehead atoms. The summed E-state index contributed by atoms with van der Waals surface area (Å²) in [5, 5.41) is 0. The molecule has 0 radical (unpaired) electrons. The van der Waals surface area contributed by atoms with Crippen molar-refractivity contribution < 1.29 is 8.42 Å². The zero-order valence-corrected chi connectivity index (χ0v) is 22.4. The largest absolute Gasteiger partial charge is 0.369 e. The van der Waals surface area contributed by atoms with E-state index in [-0.39, 0.29) is 0 Å². The summed E-state index contributed by atoms with van der Waals surface area (Å²) in [4.78, 5) is 15.0. The molecule has 1 fully saturated rings. The van der Waals surface area contributed by atoms with E-state index in [1.807, 2.05) is 18.5 Å². The van der Waals surface area contributed by atoms with Crippen molar-refractivity contribution in [1.82, 2.24) is 19.4 Å². The molecule has 7 nitrogen and oxygen atoms in total. The third-order valence-electron chi connectivity index (χ3n) is 7.16. The van der Waals surface area contributed by atoms with E-state index in [2.05, 4.69) is 54.0 Å². The minimum absolute atomic E-state index is 0.301. The molecule has 4 aromatic rings. The van der Waals surface area contributed by atoms with Crippen molar-refractivity contribution in [1.29, 1.82) is 0 Å². The second-order valence-corrected chi connectivity index (χ2v) is 11.9. The molecule has 188 valence electrons. The van der Waals surface area contributed by atoms with Crippen molar-refractivity contribution in [3.05, 3.63) is 60.3 Å². The molecule has 36 heavy (non-hydrogen) atoms. The maximum atomic E-state index is 11.8. The number of anilines is 1.